The fourth-order valence-electron chi connectivity index (χ4n) is 2.24. The van der Waals surface area contributed by atoms with Gasteiger partial charge in [-0.1, -0.05) is 6.42 Å². The Morgan fingerprint density at radius 1 is 1.47 bits per heavy atom. The van der Waals surface area contributed by atoms with E-state index < -0.39 is 0 Å². The van der Waals surface area contributed by atoms with Gasteiger partial charge in [-0.05, 0) is 48.2 Å². The van der Waals surface area contributed by atoms with Crippen molar-refractivity contribution in [1.29, 1.82) is 0 Å². The van der Waals surface area contributed by atoms with E-state index in [0.29, 0.717) is 6.04 Å². The summed E-state index contributed by atoms with van der Waals surface area (Å²) < 4.78 is 0. The predicted molar refractivity (Wildman–Crippen MR) is 68.0 cm³/mol. The van der Waals surface area contributed by atoms with Gasteiger partial charge in [-0.15, -0.1) is 11.6 Å². The van der Waals surface area contributed by atoms with E-state index in [4.69, 9.17) is 11.6 Å². The topological polar surface area (TPSA) is 3.24 Å². The number of halogens is 1. The monoisotopic (exact) mass is 243 g/mol. The van der Waals surface area contributed by atoms with Crippen LogP contribution in [0.5, 0.6) is 0 Å². The molecule has 1 aromatic heterocycles. The van der Waals surface area contributed by atoms with Crippen molar-refractivity contribution >= 4 is 22.9 Å². The zero-order valence-electron chi connectivity index (χ0n) is 8.99. The van der Waals surface area contributed by atoms with Crippen molar-refractivity contribution in [1.82, 2.24) is 4.90 Å². The van der Waals surface area contributed by atoms with Crippen molar-refractivity contribution in [2.45, 2.75) is 31.7 Å². The van der Waals surface area contributed by atoms with Gasteiger partial charge in [-0.3, -0.25) is 4.90 Å². The molecule has 1 nitrogen and oxygen atoms in total. The van der Waals surface area contributed by atoms with Crippen LogP contribution in [0.3, 0.4) is 0 Å². The van der Waals surface area contributed by atoms with Gasteiger partial charge in [0.25, 0.3) is 0 Å². The van der Waals surface area contributed by atoms with E-state index in [-0.39, 0.29) is 0 Å². The van der Waals surface area contributed by atoms with Crippen LogP contribution in [0, 0.1) is 0 Å². The minimum absolute atomic E-state index is 0.624. The molecule has 0 aromatic carbocycles. The molecular formula is C12H18ClNS. The first kappa shape index (κ1) is 11.4. The number of rotatable bonds is 4. The first-order valence-corrected chi connectivity index (χ1v) is 7.19. The van der Waals surface area contributed by atoms with Crippen LogP contribution in [-0.2, 0) is 6.42 Å². The predicted octanol–water partition coefficient (Wildman–Crippen LogP) is 3.38. The third-order valence-corrected chi connectivity index (χ3v) is 4.28. The Hall–Kier alpha value is -0.0500. The van der Waals surface area contributed by atoms with Crippen LogP contribution in [-0.4, -0.2) is 29.9 Å². The lowest BCUT2D eigenvalue weighted by Crippen LogP contribution is -2.41. The minimum Gasteiger partial charge on any atom is -0.299 e. The Kier molecular flexibility index (Phi) is 4.48. The van der Waals surface area contributed by atoms with Crippen LogP contribution in [0.1, 0.15) is 24.8 Å². The number of hydrogen-bond donors (Lipinski definition) is 0. The summed E-state index contributed by atoms with van der Waals surface area (Å²) in [6.07, 6.45) is 5.16. The van der Waals surface area contributed by atoms with E-state index in [0.717, 1.165) is 5.88 Å². The highest BCUT2D eigenvalue weighted by atomic mass is 35.5. The first-order valence-electron chi connectivity index (χ1n) is 5.71. The molecule has 2 rings (SSSR count). The molecule has 3 heteroatoms. The second-order valence-electron chi connectivity index (χ2n) is 4.22. The van der Waals surface area contributed by atoms with Gasteiger partial charge in [0.1, 0.15) is 0 Å². The lowest BCUT2D eigenvalue weighted by molar-refractivity contribution is 0.165. The fourth-order valence-corrected chi connectivity index (χ4v) is 3.29. The number of piperidine rings is 1. The molecule has 1 saturated heterocycles. The Morgan fingerprint density at radius 2 is 2.40 bits per heavy atom. The number of likely N-dealkylation sites (tertiary alicyclic amines) is 1. The smallest absolute Gasteiger partial charge is 0.0379 e. The van der Waals surface area contributed by atoms with E-state index in [1.165, 1.54) is 44.3 Å². The van der Waals surface area contributed by atoms with Crippen molar-refractivity contribution in [2.24, 2.45) is 0 Å². The molecule has 0 radical (unpaired) electrons. The van der Waals surface area contributed by atoms with E-state index >= 15 is 0 Å². The van der Waals surface area contributed by atoms with E-state index in [9.17, 15) is 0 Å². The molecule has 0 N–H and O–H groups in total. The van der Waals surface area contributed by atoms with Crippen molar-refractivity contribution in [3.63, 3.8) is 0 Å². The molecule has 0 saturated carbocycles. The van der Waals surface area contributed by atoms with Crippen molar-refractivity contribution in [3.8, 4) is 0 Å². The van der Waals surface area contributed by atoms with Gasteiger partial charge in [-0.25, -0.2) is 0 Å². The molecule has 1 unspecified atom stereocenters. The lowest BCUT2D eigenvalue weighted by Gasteiger charge is -2.34. The number of nitrogens with zero attached hydrogens (tertiary/aromatic N) is 1. The van der Waals surface area contributed by atoms with Gasteiger partial charge in [-0.2, -0.15) is 11.3 Å². The molecule has 2 heterocycles. The maximum Gasteiger partial charge on any atom is 0.0379 e. The van der Waals surface area contributed by atoms with Crippen molar-refractivity contribution in [2.75, 3.05) is 19.0 Å². The van der Waals surface area contributed by atoms with Crippen molar-refractivity contribution in [3.05, 3.63) is 22.4 Å². The molecule has 0 aliphatic carbocycles. The Morgan fingerprint density at radius 3 is 3.13 bits per heavy atom. The third-order valence-electron chi connectivity index (χ3n) is 3.19. The second-order valence-corrected chi connectivity index (χ2v) is 5.31. The van der Waals surface area contributed by atoms with Gasteiger partial charge < -0.3 is 0 Å². The maximum absolute atomic E-state index is 6.00. The third kappa shape index (κ3) is 3.20. The summed E-state index contributed by atoms with van der Waals surface area (Å²) in [5.41, 5.74) is 1.47. The molecule has 1 aromatic rings. The summed E-state index contributed by atoms with van der Waals surface area (Å²) in [6.45, 7) is 2.41. The maximum atomic E-state index is 6.00. The number of hydrogen-bond acceptors (Lipinski definition) is 2. The van der Waals surface area contributed by atoms with E-state index in [1.807, 2.05) is 0 Å². The van der Waals surface area contributed by atoms with Gasteiger partial charge in [0.2, 0.25) is 0 Å². The van der Waals surface area contributed by atoms with Crippen LogP contribution in [0.4, 0.5) is 0 Å². The zero-order valence-corrected chi connectivity index (χ0v) is 10.6. The molecule has 1 aliphatic heterocycles. The summed E-state index contributed by atoms with van der Waals surface area (Å²) in [7, 11) is 0. The second kappa shape index (κ2) is 5.88. The van der Waals surface area contributed by atoms with Gasteiger partial charge >= 0.3 is 0 Å². The molecule has 1 fully saturated rings. The van der Waals surface area contributed by atoms with Gasteiger partial charge in [0, 0.05) is 18.5 Å². The van der Waals surface area contributed by atoms with Gasteiger partial charge in [0.15, 0.2) is 0 Å². The molecule has 15 heavy (non-hydrogen) atoms. The standard InChI is InChI=1S/C12H18ClNS/c13-9-12-3-1-2-6-14(12)7-4-11-5-8-15-10-11/h5,8,10,12H,1-4,6-7,9H2. The van der Waals surface area contributed by atoms with Gasteiger partial charge in [0.05, 0.1) is 0 Å². The summed E-state index contributed by atoms with van der Waals surface area (Å²) in [4.78, 5) is 2.56. The summed E-state index contributed by atoms with van der Waals surface area (Å²) in [5, 5.41) is 4.41. The highest BCUT2D eigenvalue weighted by Gasteiger charge is 2.20. The van der Waals surface area contributed by atoms with E-state index in [1.54, 1.807) is 11.3 Å². The zero-order chi connectivity index (χ0) is 10.5. The Bertz CT molecular complexity index is 273. The highest BCUT2D eigenvalue weighted by molar-refractivity contribution is 7.07. The number of thiophene rings is 1. The van der Waals surface area contributed by atoms with Crippen LogP contribution >= 0.6 is 22.9 Å². The molecule has 0 amide bonds. The first-order chi connectivity index (χ1) is 7.40. The molecule has 1 aliphatic rings. The largest absolute Gasteiger partial charge is 0.299 e. The average molecular weight is 244 g/mol. The SMILES string of the molecule is ClCC1CCCCN1CCc1ccsc1. The summed E-state index contributed by atoms with van der Waals surface area (Å²) >= 11 is 7.78. The summed E-state index contributed by atoms with van der Waals surface area (Å²) in [5.74, 6) is 0.795. The minimum atomic E-state index is 0.624. The molecule has 1 atom stereocenters. The average Bonchev–Trinajstić information content (AvgIpc) is 2.79. The molecule has 0 spiro atoms. The Labute approximate surface area is 101 Å². The van der Waals surface area contributed by atoms with Crippen LogP contribution in [0.15, 0.2) is 16.8 Å². The quantitative estimate of drug-likeness (QED) is 0.733. The lowest BCUT2D eigenvalue weighted by atomic mass is 10.0. The summed E-state index contributed by atoms with van der Waals surface area (Å²) in [6, 6.07) is 2.85. The normalized spacial score (nSPS) is 23.1. The molecular weight excluding hydrogens is 226 g/mol. The molecule has 0 bridgehead atoms. The Balaban J connectivity index is 1.81. The van der Waals surface area contributed by atoms with Crippen LogP contribution < -0.4 is 0 Å². The van der Waals surface area contributed by atoms with Crippen molar-refractivity contribution < 1.29 is 0 Å². The van der Waals surface area contributed by atoms with E-state index in [2.05, 4.69) is 21.7 Å². The highest BCUT2D eigenvalue weighted by Crippen LogP contribution is 2.18. The van der Waals surface area contributed by atoms with Crippen LogP contribution in [0.25, 0.3) is 0 Å². The van der Waals surface area contributed by atoms with Crippen LogP contribution in [0.2, 0.25) is 0 Å². The molecule has 84 valence electrons. The fraction of sp³-hybridized carbons (Fsp3) is 0.667. The number of alkyl halides is 1.